The van der Waals surface area contributed by atoms with Gasteiger partial charge in [0, 0.05) is 22.2 Å². The first-order chi connectivity index (χ1) is 17.0. The Morgan fingerprint density at radius 2 is 1.54 bits per heavy atom. The lowest BCUT2D eigenvalue weighted by Gasteiger charge is -2.30. The zero-order valence-electron chi connectivity index (χ0n) is 19.9. The Hall–Kier alpha value is -3.45. The molecule has 1 aliphatic heterocycles. The molecule has 3 aromatic carbocycles. The van der Waals surface area contributed by atoms with E-state index in [2.05, 4.69) is 38.7 Å². The van der Waals surface area contributed by atoms with Crippen LogP contribution in [0.3, 0.4) is 0 Å². The van der Waals surface area contributed by atoms with Crippen LogP contribution in [-0.4, -0.2) is 27.1 Å². The van der Waals surface area contributed by atoms with Crippen LogP contribution in [0.1, 0.15) is 35.9 Å². The van der Waals surface area contributed by atoms with Crippen LogP contribution in [-0.2, 0) is 4.79 Å². The molecule has 0 aromatic heterocycles. The maximum Gasteiger partial charge on any atom is 0.203 e. The van der Waals surface area contributed by atoms with Crippen molar-refractivity contribution in [2.75, 3.05) is 32.0 Å². The average molecular weight is 535 g/mol. The number of methoxy groups -OCH3 is 3. The highest BCUT2D eigenvalue weighted by molar-refractivity contribution is 9.10. The Bertz CT molecular complexity index is 1290. The molecule has 2 aliphatic rings. The van der Waals surface area contributed by atoms with Gasteiger partial charge in [-0.3, -0.25) is 4.79 Å². The predicted molar refractivity (Wildman–Crippen MR) is 141 cm³/mol. The predicted octanol–water partition coefficient (Wildman–Crippen LogP) is 6.45. The third kappa shape index (κ3) is 4.36. The largest absolute Gasteiger partial charge is 0.493 e. The molecule has 0 radical (unpaired) electrons. The number of allylic oxidation sites excluding steroid dienone is 1. The minimum absolute atomic E-state index is 0.0316. The molecule has 0 saturated heterocycles. The van der Waals surface area contributed by atoms with Crippen LogP contribution < -0.4 is 24.8 Å². The number of halogens is 1. The van der Waals surface area contributed by atoms with Crippen LogP contribution in [0.2, 0.25) is 0 Å². The van der Waals surface area contributed by atoms with Gasteiger partial charge < -0.3 is 24.8 Å². The Balaban J connectivity index is 1.60. The molecule has 5 rings (SSSR count). The number of Topliss-reactive ketones (excluding diaryl/α,β-unsaturated/α-hetero) is 1. The molecule has 2 atom stereocenters. The van der Waals surface area contributed by atoms with Gasteiger partial charge in [0.05, 0.1) is 38.7 Å². The molecule has 1 heterocycles. The molecule has 6 nitrogen and oxygen atoms in total. The number of fused-ring (bicyclic) bond motifs is 1. The lowest BCUT2D eigenvalue weighted by molar-refractivity contribution is -0.116. The van der Waals surface area contributed by atoms with Gasteiger partial charge in [0.2, 0.25) is 5.75 Å². The lowest BCUT2D eigenvalue weighted by atomic mass is 9.78. The summed E-state index contributed by atoms with van der Waals surface area (Å²) in [5.74, 6) is 1.80. The number of ketones is 1. The molecular weight excluding hydrogens is 508 g/mol. The molecule has 0 fully saturated rings. The van der Waals surface area contributed by atoms with Gasteiger partial charge in [0.25, 0.3) is 0 Å². The maximum absolute atomic E-state index is 13.8. The SMILES string of the molecule is COc1cc([C@@H]2CC(=O)C3=C(C2)Nc2ccccc2N[C@@H]3c2cccc(Br)c2)cc(OC)c1OC. The molecule has 0 unspecified atom stereocenters. The molecule has 0 spiro atoms. The highest BCUT2D eigenvalue weighted by Gasteiger charge is 2.36. The van der Waals surface area contributed by atoms with Crippen LogP contribution in [0.25, 0.3) is 0 Å². The van der Waals surface area contributed by atoms with Crippen molar-refractivity contribution in [3.05, 3.63) is 87.5 Å². The Morgan fingerprint density at radius 3 is 2.20 bits per heavy atom. The number of rotatable bonds is 5. The summed E-state index contributed by atoms with van der Waals surface area (Å²) in [5.41, 5.74) is 5.64. The summed E-state index contributed by atoms with van der Waals surface area (Å²) in [6.07, 6.45) is 1.07. The first-order valence-corrected chi connectivity index (χ1v) is 12.3. The number of carbonyl (C=O) groups is 1. The average Bonchev–Trinajstić information content (AvgIpc) is 3.04. The van der Waals surface area contributed by atoms with Gasteiger partial charge in [-0.25, -0.2) is 0 Å². The highest BCUT2D eigenvalue weighted by atomic mass is 79.9. The summed E-state index contributed by atoms with van der Waals surface area (Å²) >= 11 is 3.58. The smallest absolute Gasteiger partial charge is 0.203 e. The molecule has 7 heteroatoms. The molecule has 3 aromatic rings. The fourth-order valence-electron chi connectivity index (χ4n) is 5.00. The number of anilines is 2. The van der Waals surface area contributed by atoms with E-state index in [1.165, 1.54) is 0 Å². The summed E-state index contributed by atoms with van der Waals surface area (Å²) in [7, 11) is 4.79. The first kappa shape index (κ1) is 23.3. The second-order valence-electron chi connectivity index (χ2n) is 8.68. The van der Waals surface area contributed by atoms with E-state index in [0.29, 0.717) is 30.1 Å². The van der Waals surface area contributed by atoms with Crippen LogP contribution >= 0.6 is 15.9 Å². The third-order valence-corrected chi connectivity index (χ3v) is 7.14. The number of benzene rings is 3. The minimum Gasteiger partial charge on any atom is -0.493 e. The minimum atomic E-state index is -0.257. The first-order valence-electron chi connectivity index (χ1n) is 11.5. The molecule has 180 valence electrons. The Labute approximate surface area is 213 Å². The van der Waals surface area contributed by atoms with Crippen molar-refractivity contribution >= 4 is 33.1 Å². The second-order valence-corrected chi connectivity index (χ2v) is 9.60. The van der Waals surface area contributed by atoms with Gasteiger partial charge in [-0.15, -0.1) is 0 Å². The van der Waals surface area contributed by atoms with Crippen molar-refractivity contribution in [1.29, 1.82) is 0 Å². The van der Waals surface area contributed by atoms with Crippen molar-refractivity contribution in [3.8, 4) is 17.2 Å². The fraction of sp³-hybridized carbons (Fsp3) is 0.250. The number of carbonyl (C=O) groups excluding carboxylic acids is 1. The van der Waals surface area contributed by atoms with E-state index in [1.54, 1.807) is 21.3 Å². The van der Waals surface area contributed by atoms with E-state index < -0.39 is 0 Å². The van der Waals surface area contributed by atoms with Gasteiger partial charge in [-0.2, -0.15) is 0 Å². The van der Waals surface area contributed by atoms with Gasteiger partial charge in [0.15, 0.2) is 17.3 Å². The number of nitrogens with one attached hydrogen (secondary N) is 2. The number of hydrogen-bond acceptors (Lipinski definition) is 6. The molecule has 35 heavy (non-hydrogen) atoms. The van der Waals surface area contributed by atoms with Gasteiger partial charge in [0.1, 0.15) is 0 Å². The Morgan fingerprint density at radius 1 is 0.829 bits per heavy atom. The summed E-state index contributed by atoms with van der Waals surface area (Å²) in [6.45, 7) is 0. The van der Waals surface area contributed by atoms with E-state index in [1.807, 2.05) is 48.5 Å². The fourth-order valence-corrected chi connectivity index (χ4v) is 5.42. The van der Waals surface area contributed by atoms with E-state index in [9.17, 15) is 4.79 Å². The van der Waals surface area contributed by atoms with Gasteiger partial charge in [-0.1, -0.05) is 40.2 Å². The normalized spacial score (nSPS) is 19.0. The van der Waals surface area contributed by atoms with Crippen LogP contribution in [0.4, 0.5) is 11.4 Å². The Kier molecular flexibility index (Phi) is 6.43. The zero-order valence-corrected chi connectivity index (χ0v) is 21.4. The van der Waals surface area contributed by atoms with Crippen molar-refractivity contribution in [1.82, 2.24) is 0 Å². The van der Waals surface area contributed by atoms with E-state index in [-0.39, 0.29) is 17.7 Å². The number of ether oxygens (including phenoxy) is 3. The van der Waals surface area contributed by atoms with E-state index >= 15 is 0 Å². The second kappa shape index (κ2) is 9.66. The number of para-hydroxylation sites is 2. The summed E-state index contributed by atoms with van der Waals surface area (Å²) in [4.78, 5) is 13.8. The summed E-state index contributed by atoms with van der Waals surface area (Å²) in [6, 6.07) is 19.8. The summed E-state index contributed by atoms with van der Waals surface area (Å²) in [5, 5.41) is 7.20. The van der Waals surface area contributed by atoms with Crippen molar-refractivity contribution < 1.29 is 19.0 Å². The standard InChI is InChI=1S/C28H27BrN2O4/c1-33-24-14-18(15-25(34-2)28(24)35-3)17-12-22-26(23(32)13-17)27(16-7-6-8-19(29)11-16)31-21-10-5-4-9-20(21)30-22/h4-11,14-15,17,27,30-31H,12-13H2,1-3H3/t17-,27+/m0/s1. The quantitative estimate of drug-likeness (QED) is 0.391. The molecular formula is C28H27BrN2O4. The lowest BCUT2D eigenvalue weighted by Crippen LogP contribution is -2.27. The third-order valence-electron chi connectivity index (χ3n) is 6.65. The molecule has 0 bridgehead atoms. The zero-order chi connectivity index (χ0) is 24.5. The van der Waals surface area contributed by atoms with E-state index in [0.717, 1.165) is 38.2 Å². The monoisotopic (exact) mass is 534 g/mol. The number of hydrogen-bond donors (Lipinski definition) is 2. The molecule has 0 saturated carbocycles. The van der Waals surface area contributed by atoms with Crippen LogP contribution in [0.15, 0.2) is 76.4 Å². The highest BCUT2D eigenvalue weighted by Crippen LogP contribution is 2.47. The van der Waals surface area contributed by atoms with Gasteiger partial charge in [-0.05, 0) is 59.9 Å². The van der Waals surface area contributed by atoms with Crippen molar-refractivity contribution in [2.24, 2.45) is 0 Å². The van der Waals surface area contributed by atoms with Gasteiger partial charge >= 0.3 is 0 Å². The maximum atomic E-state index is 13.8. The molecule has 0 amide bonds. The summed E-state index contributed by atoms with van der Waals surface area (Å²) < 4.78 is 17.6. The van der Waals surface area contributed by atoms with Crippen LogP contribution in [0, 0.1) is 0 Å². The van der Waals surface area contributed by atoms with Crippen LogP contribution in [0.5, 0.6) is 17.2 Å². The van der Waals surface area contributed by atoms with E-state index in [4.69, 9.17) is 14.2 Å². The topological polar surface area (TPSA) is 68.8 Å². The van der Waals surface area contributed by atoms with Crippen molar-refractivity contribution in [3.63, 3.8) is 0 Å². The molecule has 1 aliphatic carbocycles. The van der Waals surface area contributed by atoms with Crippen molar-refractivity contribution in [2.45, 2.75) is 24.8 Å². The molecule has 2 N–H and O–H groups in total.